The number of urea groups is 1. The summed E-state index contributed by atoms with van der Waals surface area (Å²) >= 11 is 5.93. The fourth-order valence-electron chi connectivity index (χ4n) is 1.26. The molecule has 0 bridgehead atoms. The Morgan fingerprint density at radius 1 is 1.41 bits per heavy atom. The molecule has 6 heteroatoms. The standard InChI is InChI=1S/C11H14ClN3O2/c1-7(15-11(13)17)10(16)14-6-8-4-2-3-5-9(8)12/h2-5,7H,6H2,1H3,(H,14,16)(H3,13,15,17)/t7-/m1/s1. The first kappa shape index (κ1) is 13.3. The van der Waals surface area contributed by atoms with Crippen molar-refractivity contribution < 1.29 is 9.59 Å². The van der Waals surface area contributed by atoms with Crippen molar-refractivity contribution >= 4 is 23.5 Å². The second-order valence-corrected chi connectivity index (χ2v) is 3.95. The van der Waals surface area contributed by atoms with Crippen LogP contribution in [0, 0.1) is 0 Å². The topological polar surface area (TPSA) is 84.2 Å². The summed E-state index contributed by atoms with van der Waals surface area (Å²) in [5.41, 5.74) is 5.73. The Bertz CT molecular complexity index is 423. The second kappa shape index (κ2) is 6.10. The predicted molar refractivity (Wildman–Crippen MR) is 65.5 cm³/mol. The van der Waals surface area contributed by atoms with Crippen molar-refractivity contribution in [3.05, 3.63) is 34.9 Å². The molecule has 0 spiro atoms. The minimum atomic E-state index is -0.731. The number of nitrogens with one attached hydrogen (secondary N) is 2. The Balaban J connectivity index is 2.48. The van der Waals surface area contributed by atoms with Crippen molar-refractivity contribution in [3.8, 4) is 0 Å². The predicted octanol–water partition coefficient (Wildman–Crippen LogP) is 1.01. The molecule has 17 heavy (non-hydrogen) atoms. The number of halogens is 1. The van der Waals surface area contributed by atoms with Crippen LogP contribution in [-0.2, 0) is 11.3 Å². The van der Waals surface area contributed by atoms with Crippen LogP contribution >= 0.6 is 11.6 Å². The van der Waals surface area contributed by atoms with E-state index in [1.54, 1.807) is 13.0 Å². The highest BCUT2D eigenvalue weighted by Crippen LogP contribution is 2.14. The highest BCUT2D eigenvalue weighted by atomic mass is 35.5. The Kier molecular flexibility index (Phi) is 4.78. The fraction of sp³-hybridized carbons (Fsp3) is 0.273. The molecule has 0 heterocycles. The van der Waals surface area contributed by atoms with Crippen LogP contribution in [0.4, 0.5) is 4.79 Å². The molecular formula is C11H14ClN3O2. The molecule has 0 unspecified atom stereocenters. The van der Waals surface area contributed by atoms with Crippen molar-refractivity contribution in [3.63, 3.8) is 0 Å². The van der Waals surface area contributed by atoms with E-state index in [2.05, 4.69) is 10.6 Å². The molecule has 1 aromatic rings. The van der Waals surface area contributed by atoms with E-state index in [0.717, 1.165) is 5.56 Å². The lowest BCUT2D eigenvalue weighted by molar-refractivity contribution is -0.122. The normalized spacial score (nSPS) is 11.6. The highest BCUT2D eigenvalue weighted by molar-refractivity contribution is 6.31. The molecule has 0 aliphatic heterocycles. The minimum Gasteiger partial charge on any atom is -0.352 e. The Hall–Kier alpha value is -1.75. The van der Waals surface area contributed by atoms with Crippen LogP contribution in [0.3, 0.4) is 0 Å². The van der Waals surface area contributed by atoms with E-state index >= 15 is 0 Å². The third-order valence-electron chi connectivity index (χ3n) is 2.16. The summed E-state index contributed by atoms with van der Waals surface area (Å²) in [5.74, 6) is -0.316. The molecule has 5 nitrogen and oxygen atoms in total. The maximum atomic E-state index is 11.5. The van der Waals surface area contributed by atoms with Crippen molar-refractivity contribution in [2.75, 3.05) is 0 Å². The summed E-state index contributed by atoms with van der Waals surface area (Å²) in [6.45, 7) is 1.86. The number of hydrogen-bond donors (Lipinski definition) is 3. The van der Waals surface area contributed by atoms with Gasteiger partial charge in [-0.1, -0.05) is 29.8 Å². The number of rotatable bonds is 4. The Morgan fingerprint density at radius 2 is 2.06 bits per heavy atom. The van der Waals surface area contributed by atoms with Gasteiger partial charge in [0, 0.05) is 11.6 Å². The van der Waals surface area contributed by atoms with Crippen LogP contribution in [0.2, 0.25) is 5.02 Å². The monoisotopic (exact) mass is 255 g/mol. The zero-order valence-corrected chi connectivity index (χ0v) is 10.1. The lowest BCUT2D eigenvalue weighted by atomic mass is 10.2. The summed E-state index contributed by atoms with van der Waals surface area (Å²) in [4.78, 5) is 22.1. The van der Waals surface area contributed by atoms with Gasteiger partial charge >= 0.3 is 6.03 Å². The molecule has 3 amide bonds. The molecule has 4 N–H and O–H groups in total. The van der Waals surface area contributed by atoms with E-state index in [1.807, 2.05) is 18.2 Å². The van der Waals surface area contributed by atoms with Gasteiger partial charge in [-0.05, 0) is 18.6 Å². The van der Waals surface area contributed by atoms with Gasteiger partial charge < -0.3 is 16.4 Å². The lowest BCUT2D eigenvalue weighted by Crippen LogP contribution is -2.46. The van der Waals surface area contributed by atoms with Crippen molar-refractivity contribution in [1.82, 2.24) is 10.6 Å². The van der Waals surface area contributed by atoms with E-state index < -0.39 is 12.1 Å². The van der Waals surface area contributed by atoms with Crippen LogP contribution in [-0.4, -0.2) is 18.0 Å². The second-order valence-electron chi connectivity index (χ2n) is 3.54. The number of nitrogens with two attached hydrogens (primary N) is 1. The van der Waals surface area contributed by atoms with E-state index in [4.69, 9.17) is 17.3 Å². The number of hydrogen-bond acceptors (Lipinski definition) is 2. The van der Waals surface area contributed by atoms with Crippen LogP contribution in [0.25, 0.3) is 0 Å². The van der Waals surface area contributed by atoms with Crippen molar-refractivity contribution in [2.24, 2.45) is 5.73 Å². The molecule has 1 rings (SSSR count). The number of carbonyl (C=O) groups excluding carboxylic acids is 2. The minimum absolute atomic E-state index is 0.309. The van der Waals surface area contributed by atoms with Gasteiger partial charge in [-0.3, -0.25) is 4.79 Å². The third-order valence-corrected chi connectivity index (χ3v) is 2.53. The van der Waals surface area contributed by atoms with Crippen molar-refractivity contribution in [1.29, 1.82) is 0 Å². The quantitative estimate of drug-likeness (QED) is 0.750. The molecule has 0 saturated carbocycles. The zero-order valence-electron chi connectivity index (χ0n) is 9.37. The first-order chi connectivity index (χ1) is 8.00. The number of amides is 3. The number of carbonyl (C=O) groups is 2. The summed E-state index contributed by atoms with van der Waals surface area (Å²) in [7, 11) is 0. The first-order valence-electron chi connectivity index (χ1n) is 5.08. The molecular weight excluding hydrogens is 242 g/mol. The average Bonchev–Trinajstić information content (AvgIpc) is 2.26. The molecule has 92 valence electrons. The molecule has 1 atom stereocenters. The van der Waals surface area contributed by atoms with E-state index in [1.165, 1.54) is 0 Å². The van der Waals surface area contributed by atoms with Gasteiger partial charge in [-0.15, -0.1) is 0 Å². The fourth-order valence-corrected chi connectivity index (χ4v) is 1.46. The summed E-state index contributed by atoms with van der Waals surface area (Å²) < 4.78 is 0. The van der Waals surface area contributed by atoms with Gasteiger partial charge in [0.25, 0.3) is 0 Å². The molecule has 0 aromatic heterocycles. The summed E-state index contributed by atoms with van der Waals surface area (Å²) in [6, 6.07) is 5.80. The first-order valence-corrected chi connectivity index (χ1v) is 5.45. The molecule has 0 aliphatic carbocycles. The van der Waals surface area contributed by atoms with Crippen LogP contribution < -0.4 is 16.4 Å². The maximum Gasteiger partial charge on any atom is 0.312 e. The smallest absolute Gasteiger partial charge is 0.312 e. The van der Waals surface area contributed by atoms with E-state index in [0.29, 0.717) is 11.6 Å². The van der Waals surface area contributed by atoms with Crippen LogP contribution in [0.15, 0.2) is 24.3 Å². The van der Waals surface area contributed by atoms with Crippen LogP contribution in [0.1, 0.15) is 12.5 Å². The SMILES string of the molecule is C[C@@H](NC(N)=O)C(=O)NCc1ccccc1Cl. The number of primary amides is 1. The van der Waals surface area contributed by atoms with Gasteiger partial charge in [0.15, 0.2) is 0 Å². The largest absolute Gasteiger partial charge is 0.352 e. The summed E-state index contributed by atoms with van der Waals surface area (Å²) in [5, 5.41) is 5.52. The maximum absolute atomic E-state index is 11.5. The van der Waals surface area contributed by atoms with Gasteiger partial charge in [-0.25, -0.2) is 4.79 Å². The molecule has 0 radical (unpaired) electrons. The van der Waals surface area contributed by atoms with Gasteiger partial charge in [0.1, 0.15) is 6.04 Å². The van der Waals surface area contributed by atoms with Crippen LogP contribution in [0.5, 0.6) is 0 Å². The van der Waals surface area contributed by atoms with Gasteiger partial charge in [-0.2, -0.15) is 0 Å². The van der Waals surface area contributed by atoms with E-state index in [-0.39, 0.29) is 5.91 Å². The third kappa shape index (κ3) is 4.32. The molecule has 0 fully saturated rings. The molecule has 0 saturated heterocycles. The number of benzene rings is 1. The molecule has 0 aliphatic rings. The van der Waals surface area contributed by atoms with Crippen molar-refractivity contribution in [2.45, 2.75) is 19.5 Å². The van der Waals surface area contributed by atoms with Gasteiger partial charge in [0.05, 0.1) is 0 Å². The average molecular weight is 256 g/mol. The van der Waals surface area contributed by atoms with E-state index in [9.17, 15) is 9.59 Å². The Labute approximate surface area is 104 Å². The highest BCUT2D eigenvalue weighted by Gasteiger charge is 2.13. The lowest BCUT2D eigenvalue weighted by Gasteiger charge is -2.12. The Morgan fingerprint density at radius 3 is 2.65 bits per heavy atom. The van der Waals surface area contributed by atoms with Gasteiger partial charge in [0.2, 0.25) is 5.91 Å². The molecule has 1 aromatic carbocycles. The zero-order chi connectivity index (χ0) is 12.8. The summed E-state index contributed by atoms with van der Waals surface area (Å²) in [6.07, 6.45) is 0.